The number of benzene rings is 2. The van der Waals surface area contributed by atoms with Gasteiger partial charge in [0.1, 0.15) is 17.2 Å². The molecule has 0 unspecified atom stereocenters. The van der Waals surface area contributed by atoms with Crippen molar-refractivity contribution in [3.8, 4) is 17.6 Å². The molecular formula is C25H27NO5. The van der Waals surface area contributed by atoms with Crippen LogP contribution in [0.3, 0.4) is 0 Å². The van der Waals surface area contributed by atoms with Crippen LogP contribution >= 0.6 is 0 Å². The second-order valence-corrected chi connectivity index (χ2v) is 7.92. The Labute approximate surface area is 183 Å². The van der Waals surface area contributed by atoms with Crippen LogP contribution in [0.5, 0.6) is 11.5 Å². The first-order chi connectivity index (χ1) is 14.7. The van der Waals surface area contributed by atoms with Gasteiger partial charge < -0.3 is 14.2 Å². The van der Waals surface area contributed by atoms with Crippen LogP contribution in [0, 0.1) is 11.3 Å². The van der Waals surface area contributed by atoms with Gasteiger partial charge >= 0.3 is 6.16 Å². The van der Waals surface area contributed by atoms with Gasteiger partial charge in [-0.1, -0.05) is 43.7 Å². The molecule has 0 spiro atoms. The predicted octanol–water partition coefficient (Wildman–Crippen LogP) is 5.75. The molecule has 2 aromatic rings. The minimum absolute atomic E-state index is 0.00824. The molecule has 0 heterocycles. The van der Waals surface area contributed by atoms with Crippen LogP contribution in [0.2, 0.25) is 0 Å². The SMILES string of the molecule is CCCc1ccc(C(=O)/C(C#N)=C/c2ccc(OC(=O)OC(C)(C)C)c(OC)c2)cc1. The lowest BCUT2D eigenvalue weighted by Gasteiger charge is -2.19. The van der Waals surface area contributed by atoms with Crippen molar-refractivity contribution in [2.75, 3.05) is 7.11 Å². The summed E-state index contributed by atoms with van der Waals surface area (Å²) in [6.45, 7) is 7.29. The van der Waals surface area contributed by atoms with E-state index in [2.05, 4.69) is 6.92 Å². The molecule has 0 saturated heterocycles. The van der Waals surface area contributed by atoms with Gasteiger partial charge in [-0.15, -0.1) is 0 Å². The van der Waals surface area contributed by atoms with Gasteiger partial charge in [-0.3, -0.25) is 4.79 Å². The van der Waals surface area contributed by atoms with Gasteiger partial charge in [-0.05, 0) is 56.5 Å². The summed E-state index contributed by atoms with van der Waals surface area (Å²) in [5.74, 6) is 0.0807. The van der Waals surface area contributed by atoms with Gasteiger partial charge in [0.05, 0.1) is 7.11 Å². The number of nitriles is 1. The summed E-state index contributed by atoms with van der Waals surface area (Å²) in [5, 5.41) is 9.51. The third-order valence-electron chi connectivity index (χ3n) is 4.20. The number of hydrogen-bond donors (Lipinski definition) is 0. The lowest BCUT2D eigenvalue weighted by atomic mass is 10.00. The van der Waals surface area contributed by atoms with Crippen LogP contribution in [-0.4, -0.2) is 24.6 Å². The molecule has 0 saturated carbocycles. The number of nitrogens with zero attached hydrogens (tertiary/aromatic N) is 1. The molecule has 6 heteroatoms. The molecule has 0 N–H and O–H groups in total. The third-order valence-corrected chi connectivity index (χ3v) is 4.20. The van der Waals surface area contributed by atoms with Crippen molar-refractivity contribution in [2.24, 2.45) is 0 Å². The third kappa shape index (κ3) is 7.00. The molecular weight excluding hydrogens is 394 g/mol. The molecule has 6 nitrogen and oxygen atoms in total. The molecule has 31 heavy (non-hydrogen) atoms. The molecule has 0 fully saturated rings. The molecule has 2 rings (SSSR count). The number of allylic oxidation sites excluding steroid dienone is 1. The summed E-state index contributed by atoms with van der Waals surface area (Å²) < 4.78 is 15.6. The highest BCUT2D eigenvalue weighted by molar-refractivity contribution is 6.14. The fourth-order valence-corrected chi connectivity index (χ4v) is 2.80. The minimum atomic E-state index is -0.853. The summed E-state index contributed by atoms with van der Waals surface area (Å²) >= 11 is 0. The van der Waals surface area contributed by atoms with E-state index in [0.717, 1.165) is 18.4 Å². The summed E-state index contributed by atoms with van der Waals surface area (Å²) in [6, 6.07) is 14.0. The molecule has 0 aliphatic heterocycles. The molecule has 162 valence electrons. The number of rotatable bonds is 7. The van der Waals surface area contributed by atoms with Crippen LogP contribution < -0.4 is 9.47 Å². The first kappa shape index (κ1) is 23.7. The fourth-order valence-electron chi connectivity index (χ4n) is 2.80. The van der Waals surface area contributed by atoms with E-state index in [1.807, 2.05) is 18.2 Å². The summed E-state index contributed by atoms with van der Waals surface area (Å²) in [4.78, 5) is 24.7. The average Bonchev–Trinajstić information content (AvgIpc) is 2.71. The lowest BCUT2D eigenvalue weighted by Crippen LogP contribution is -2.26. The van der Waals surface area contributed by atoms with Gasteiger partial charge in [0, 0.05) is 5.56 Å². The van der Waals surface area contributed by atoms with Crippen molar-refractivity contribution in [3.63, 3.8) is 0 Å². The molecule has 0 bridgehead atoms. The molecule has 0 aliphatic carbocycles. The van der Waals surface area contributed by atoms with Crippen LogP contribution in [-0.2, 0) is 11.2 Å². The topological polar surface area (TPSA) is 85.6 Å². The van der Waals surface area contributed by atoms with Crippen LogP contribution in [0.25, 0.3) is 6.08 Å². The lowest BCUT2D eigenvalue weighted by molar-refractivity contribution is 0.0201. The first-order valence-corrected chi connectivity index (χ1v) is 10.0. The van der Waals surface area contributed by atoms with Crippen LogP contribution in [0.4, 0.5) is 4.79 Å². The van der Waals surface area contributed by atoms with Gasteiger partial charge in [0.2, 0.25) is 5.78 Å². The van der Waals surface area contributed by atoms with Crippen molar-refractivity contribution in [1.29, 1.82) is 5.26 Å². The van der Waals surface area contributed by atoms with Crippen molar-refractivity contribution < 1.29 is 23.8 Å². The monoisotopic (exact) mass is 421 g/mol. The van der Waals surface area contributed by atoms with Crippen molar-refractivity contribution in [3.05, 3.63) is 64.7 Å². The predicted molar refractivity (Wildman–Crippen MR) is 118 cm³/mol. The number of Topliss-reactive ketones (excluding diaryl/α,β-unsaturated/α-hetero) is 1. The molecule has 0 amide bonds. The molecule has 0 aliphatic rings. The zero-order valence-electron chi connectivity index (χ0n) is 18.5. The van der Waals surface area contributed by atoms with Crippen molar-refractivity contribution >= 4 is 18.0 Å². The first-order valence-electron chi connectivity index (χ1n) is 10.0. The van der Waals surface area contributed by atoms with E-state index in [4.69, 9.17) is 14.2 Å². The van der Waals surface area contributed by atoms with E-state index in [-0.39, 0.29) is 22.9 Å². The quantitative estimate of drug-likeness (QED) is 0.186. The second kappa shape index (κ2) is 10.4. The Hall–Kier alpha value is -3.59. The van der Waals surface area contributed by atoms with E-state index in [1.165, 1.54) is 19.3 Å². The maximum absolute atomic E-state index is 12.7. The van der Waals surface area contributed by atoms with Gasteiger partial charge in [0.25, 0.3) is 0 Å². The van der Waals surface area contributed by atoms with Crippen molar-refractivity contribution in [1.82, 2.24) is 0 Å². The van der Waals surface area contributed by atoms with Gasteiger partial charge in [0.15, 0.2) is 11.5 Å². The Morgan fingerprint density at radius 2 is 1.74 bits per heavy atom. The largest absolute Gasteiger partial charge is 0.514 e. The Morgan fingerprint density at radius 1 is 1.06 bits per heavy atom. The highest BCUT2D eigenvalue weighted by atomic mass is 16.7. The summed E-state index contributed by atoms with van der Waals surface area (Å²) in [6.07, 6.45) is 2.58. The molecule has 2 aromatic carbocycles. The van der Waals surface area contributed by atoms with Gasteiger partial charge in [-0.25, -0.2) is 4.79 Å². The Balaban J connectivity index is 2.24. The zero-order chi connectivity index (χ0) is 23.0. The van der Waals surface area contributed by atoms with Crippen LogP contribution in [0.1, 0.15) is 55.6 Å². The summed E-state index contributed by atoms with van der Waals surface area (Å²) in [5.41, 5.74) is 1.45. The number of ketones is 1. The molecule has 0 atom stereocenters. The number of carbonyl (C=O) groups is 2. The zero-order valence-corrected chi connectivity index (χ0v) is 18.5. The average molecular weight is 421 g/mol. The normalized spacial score (nSPS) is 11.4. The van der Waals surface area contributed by atoms with E-state index in [1.54, 1.807) is 45.0 Å². The number of methoxy groups -OCH3 is 1. The number of hydrogen-bond acceptors (Lipinski definition) is 6. The van der Waals surface area contributed by atoms with E-state index in [0.29, 0.717) is 11.1 Å². The number of ether oxygens (including phenoxy) is 3. The van der Waals surface area contributed by atoms with Crippen LogP contribution in [0.15, 0.2) is 48.0 Å². The highest BCUT2D eigenvalue weighted by Crippen LogP contribution is 2.30. The maximum Gasteiger partial charge on any atom is 0.514 e. The Morgan fingerprint density at radius 3 is 2.29 bits per heavy atom. The highest BCUT2D eigenvalue weighted by Gasteiger charge is 2.20. The minimum Gasteiger partial charge on any atom is -0.493 e. The second-order valence-electron chi connectivity index (χ2n) is 7.92. The van der Waals surface area contributed by atoms with Gasteiger partial charge in [-0.2, -0.15) is 5.26 Å². The van der Waals surface area contributed by atoms with E-state index in [9.17, 15) is 14.9 Å². The van der Waals surface area contributed by atoms with E-state index >= 15 is 0 Å². The number of carbonyl (C=O) groups excluding carboxylic acids is 2. The standard InChI is InChI=1S/C25H27NO5/c1-6-7-17-8-11-19(12-9-17)23(27)20(16-26)14-18-10-13-21(22(15-18)29-5)30-24(28)31-25(2,3)4/h8-15H,6-7H2,1-5H3/b20-14+. The Bertz CT molecular complexity index is 1010. The molecule has 0 radical (unpaired) electrons. The Kier molecular flexibility index (Phi) is 7.98. The van der Waals surface area contributed by atoms with E-state index < -0.39 is 11.8 Å². The number of aryl methyl sites for hydroxylation is 1. The summed E-state index contributed by atoms with van der Waals surface area (Å²) in [7, 11) is 1.43. The molecule has 0 aromatic heterocycles. The maximum atomic E-state index is 12.7. The van der Waals surface area contributed by atoms with Crippen molar-refractivity contribution in [2.45, 2.75) is 46.1 Å². The fraction of sp³-hybridized carbons (Fsp3) is 0.320. The smallest absolute Gasteiger partial charge is 0.493 e.